The second-order valence-corrected chi connectivity index (χ2v) is 10.7. The van der Waals surface area contributed by atoms with E-state index in [-0.39, 0.29) is 23.5 Å². The lowest BCUT2D eigenvalue weighted by Gasteiger charge is -2.29. The van der Waals surface area contributed by atoms with Gasteiger partial charge in [-0.05, 0) is 37.6 Å². The van der Waals surface area contributed by atoms with E-state index < -0.39 is 96.5 Å². The molecule has 2 aromatic rings. The zero-order chi connectivity index (χ0) is 35.8. The first-order chi connectivity index (χ1) is 22.5. The van der Waals surface area contributed by atoms with E-state index in [1.165, 1.54) is 40.1 Å². The second-order valence-electron chi connectivity index (χ2n) is 10.7. The van der Waals surface area contributed by atoms with E-state index in [1.807, 2.05) is 0 Å². The number of cyclic esters (lactones) is 2. The van der Waals surface area contributed by atoms with Crippen LogP contribution in [0.5, 0.6) is 11.5 Å². The number of hydrogen-bond acceptors (Lipinski definition) is 13. The maximum Gasteiger partial charge on any atom is 0.416 e. The Morgan fingerprint density at radius 3 is 2.31 bits per heavy atom. The summed E-state index contributed by atoms with van der Waals surface area (Å²) >= 11 is 0. The number of benzene rings is 1. The number of ether oxygens (including phenoxy) is 6. The van der Waals surface area contributed by atoms with Crippen molar-refractivity contribution in [3.8, 4) is 11.5 Å². The number of hydrogen-bond donors (Lipinski definition) is 1. The van der Waals surface area contributed by atoms with Crippen molar-refractivity contribution in [2.24, 2.45) is 11.8 Å². The Kier molecular flexibility index (Phi) is 12.5. The van der Waals surface area contributed by atoms with Crippen molar-refractivity contribution in [2.75, 3.05) is 20.3 Å². The summed E-state index contributed by atoms with van der Waals surface area (Å²) in [7, 11) is 1.26. The molecule has 4 unspecified atom stereocenters. The fourth-order valence-electron chi connectivity index (χ4n) is 4.34. The van der Waals surface area contributed by atoms with Crippen LogP contribution in [-0.2, 0) is 44.3 Å². The number of rotatable bonds is 10. The zero-order valence-corrected chi connectivity index (χ0v) is 26.5. The molecule has 1 aromatic heterocycles. The molecule has 1 aliphatic heterocycles. The van der Waals surface area contributed by atoms with Crippen molar-refractivity contribution in [1.82, 2.24) is 10.3 Å². The van der Waals surface area contributed by atoms with Crippen LogP contribution in [0.4, 0.5) is 13.2 Å². The first-order valence-electron chi connectivity index (χ1n) is 14.5. The zero-order valence-electron chi connectivity index (χ0n) is 26.5. The number of nitrogens with zero attached hydrogens (tertiary/aromatic N) is 1. The van der Waals surface area contributed by atoms with Gasteiger partial charge in [0.15, 0.2) is 23.6 Å². The fourth-order valence-corrected chi connectivity index (χ4v) is 4.34. The SMILES string of the molecule is COc1ccnc(C(=O)NC2COC(=O)C(CCOC(=O)c3ccc(C(F)(F)F)cc3)C(OC(=O)C(C)C)C(C)OC2=O)c1OC(C)=O. The summed E-state index contributed by atoms with van der Waals surface area (Å²) in [5, 5.41) is 2.32. The number of halogens is 3. The van der Waals surface area contributed by atoms with Gasteiger partial charge in [-0.15, -0.1) is 0 Å². The third-order valence-corrected chi connectivity index (χ3v) is 6.83. The first kappa shape index (κ1) is 37.2. The van der Waals surface area contributed by atoms with Crippen molar-refractivity contribution in [2.45, 2.75) is 58.5 Å². The fraction of sp³-hybridized carbons (Fsp3) is 0.452. The molecule has 0 spiro atoms. The van der Waals surface area contributed by atoms with Crippen molar-refractivity contribution in [3.05, 3.63) is 53.3 Å². The Morgan fingerprint density at radius 2 is 1.73 bits per heavy atom. The second kappa shape index (κ2) is 16.1. The van der Waals surface area contributed by atoms with E-state index in [1.54, 1.807) is 0 Å². The van der Waals surface area contributed by atoms with Crippen LogP contribution < -0.4 is 14.8 Å². The molecule has 4 atom stereocenters. The summed E-state index contributed by atoms with van der Waals surface area (Å²) in [6, 6.07) is 2.99. The molecule has 48 heavy (non-hydrogen) atoms. The minimum Gasteiger partial charge on any atom is -0.493 e. The lowest BCUT2D eigenvalue weighted by molar-refractivity contribution is -0.177. The molecule has 0 bridgehead atoms. The van der Waals surface area contributed by atoms with Gasteiger partial charge in [-0.2, -0.15) is 13.2 Å². The van der Waals surface area contributed by atoms with Gasteiger partial charge in [0.2, 0.25) is 5.75 Å². The largest absolute Gasteiger partial charge is 0.493 e. The van der Waals surface area contributed by atoms with E-state index >= 15 is 0 Å². The molecule has 1 amide bonds. The highest BCUT2D eigenvalue weighted by Gasteiger charge is 2.42. The molecule has 1 aromatic carbocycles. The molecular formula is C31H33F3N2O12. The van der Waals surface area contributed by atoms with Crippen molar-refractivity contribution in [3.63, 3.8) is 0 Å². The Balaban J connectivity index is 1.81. The van der Waals surface area contributed by atoms with Crippen molar-refractivity contribution < 1.29 is 70.4 Å². The van der Waals surface area contributed by atoms with E-state index in [0.29, 0.717) is 12.1 Å². The lowest BCUT2D eigenvalue weighted by atomic mass is 9.94. The molecule has 1 saturated heterocycles. The van der Waals surface area contributed by atoms with Crippen molar-refractivity contribution >= 4 is 35.8 Å². The minimum absolute atomic E-state index is 0.0147. The molecule has 260 valence electrons. The number of carbonyl (C=O) groups is 6. The average Bonchev–Trinajstić information content (AvgIpc) is 3.05. The molecule has 14 nitrogen and oxygen atoms in total. The summed E-state index contributed by atoms with van der Waals surface area (Å²) in [5.74, 6) is -8.03. The van der Waals surface area contributed by atoms with Crippen LogP contribution in [0, 0.1) is 11.8 Å². The molecule has 1 aliphatic rings. The number of aromatic nitrogens is 1. The van der Waals surface area contributed by atoms with E-state index in [9.17, 15) is 41.9 Å². The monoisotopic (exact) mass is 682 g/mol. The number of esters is 5. The van der Waals surface area contributed by atoms with Crippen LogP contribution in [0.3, 0.4) is 0 Å². The number of pyridine rings is 1. The Hall–Kier alpha value is -5.22. The van der Waals surface area contributed by atoms with Gasteiger partial charge in [0.05, 0.1) is 30.8 Å². The highest BCUT2D eigenvalue weighted by Crippen LogP contribution is 2.31. The predicted octanol–water partition coefficient (Wildman–Crippen LogP) is 3.05. The van der Waals surface area contributed by atoms with Gasteiger partial charge in [-0.25, -0.2) is 14.6 Å². The Bertz CT molecular complexity index is 1530. The van der Waals surface area contributed by atoms with Gasteiger partial charge in [0.25, 0.3) is 5.91 Å². The highest BCUT2D eigenvalue weighted by molar-refractivity contribution is 5.99. The van der Waals surface area contributed by atoms with Gasteiger partial charge in [-0.1, -0.05) is 13.8 Å². The summed E-state index contributed by atoms with van der Waals surface area (Å²) < 4.78 is 70.3. The summed E-state index contributed by atoms with van der Waals surface area (Å²) in [5.41, 5.74) is -1.59. The molecule has 1 fully saturated rings. The van der Waals surface area contributed by atoms with Crippen LogP contribution in [0.2, 0.25) is 0 Å². The predicted molar refractivity (Wildman–Crippen MR) is 154 cm³/mol. The van der Waals surface area contributed by atoms with Crippen LogP contribution in [0.15, 0.2) is 36.5 Å². The maximum absolute atomic E-state index is 13.3. The van der Waals surface area contributed by atoms with Crippen LogP contribution in [0.1, 0.15) is 60.5 Å². The van der Waals surface area contributed by atoms with E-state index in [2.05, 4.69) is 10.3 Å². The lowest BCUT2D eigenvalue weighted by Crippen LogP contribution is -2.47. The topological polar surface area (TPSA) is 183 Å². The molecule has 0 aliphatic carbocycles. The number of alkyl halides is 3. The number of methoxy groups -OCH3 is 1. The van der Waals surface area contributed by atoms with Gasteiger partial charge < -0.3 is 33.7 Å². The number of carbonyl (C=O) groups excluding carboxylic acids is 6. The molecule has 0 radical (unpaired) electrons. The number of nitrogens with one attached hydrogen (secondary N) is 1. The third-order valence-electron chi connectivity index (χ3n) is 6.83. The van der Waals surface area contributed by atoms with Gasteiger partial charge in [0.1, 0.15) is 18.6 Å². The normalized spacial score (nSPS) is 19.9. The molecular weight excluding hydrogens is 649 g/mol. The third kappa shape index (κ3) is 9.65. The molecule has 17 heteroatoms. The van der Waals surface area contributed by atoms with Crippen LogP contribution in [0.25, 0.3) is 0 Å². The van der Waals surface area contributed by atoms with Gasteiger partial charge in [0, 0.05) is 19.2 Å². The van der Waals surface area contributed by atoms with E-state index in [0.717, 1.165) is 19.1 Å². The van der Waals surface area contributed by atoms with Gasteiger partial charge in [-0.3, -0.25) is 19.2 Å². The maximum atomic E-state index is 13.3. The summed E-state index contributed by atoms with van der Waals surface area (Å²) in [6.45, 7) is 4.23. The summed E-state index contributed by atoms with van der Waals surface area (Å²) in [4.78, 5) is 80.3. The quantitative estimate of drug-likeness (QED) is 0.285. The molecule has 2 heterocycles. The first-order valence-corrected chi connectivity index (χ1v) is 14.5. The van der Waals surface area contributed by atoms with E-state index in [4.69, 9.17) is 28.4 Å². The standard InChI is InChI=1S/C31H33F3N2O12/c1-15(2)27(39)48-24-16(3)46-30(42)21(36-26(38)23-25(47-17(4)37)22(43-5)10-12-35-23)14-45-29(41)20(24)11-13-44-28(40)18-6-8-19(9-7-18)31(32,33)34/h6-10,12,15-16,20-21,24H,11,13-14H2,1-5H3,(H,36,38). The average molecular weight is 683 g/mol. The number of amides is 1. The minimum atomic E-state index is -4.61. The smallest absolute Gasteiger partial charge is 0.416 e. The Labute approximate surface area is 272 Å². The molecule has 0 saturated carbocycles. The molecule has 1 N–H and O–H groups in total. The van der Waals surface area contributed by atoms with Crippen LogP contribution in [-0.4, -0.2) is 79.3 Å². The van der Waals surface area contributed by atoms with Gasteiger partial charge >= 0.3 is 36.0 Å². The Morgan fingerprint density at radius 1 is 1.06 bits per heavy atom. The van der Waals surface area contributed by atoms with Crippen LogP contribution >= 0.6 is 0 Å². The highest BCUT2D eigenvalue weighted by atomic mass is 19.4. The molecule has 3 rings (SSSR count). The summed E-state index contributed by atoms with van der Waals surface area (Å²) in [6.07, 6.45) is -6.48. The van der Waals surface area contributed by atoms with Crippen molar-refractivity contribution in [1.29, 1.82) is 0 Å².